The highest BCUT2D eigenvalue weighted by Gasteiger charge is 2.10. The Hall–Kier alpha value is -2.15. The third kappa shape index (κ3) is 4.92. The zero-order chi connectivity index (χ0) is 14.3. The van der Waals surface area contributed by atoms with E-state index in [2.05, 4.69) is 16.0 Å². The Morgan fingerprint density at radius 3 is 2.68 bits per heavy atom. The summed E-state index contributed by atoms with van der Waals surface area (Å²) < 4.78 is 13.4. The van der Waals surface area contributed by atoms with Gasteiger partial charge in [0.2, 0.25) is 0 Å². The number of rotatable bonds is 6. The maximum absolute atomic E-state index is 13.4. The van der Waals surface area contributed by atoms with Gasteiger partial charge in [-0.1, -0.05) is 0 Å². The first-order valence-electron chi connectivity index (χ1n) is 5.77. The van der Waals surface area contributed by atoms with E-state index < -0.39 is 17.8 Å². The average molecular weight is 269 g/mol. The first-order valence-corrected chi connectivity index (χ1v) is 5.77. The van der Waals surface area contributed by atoms with Crippen molar-refractivity contribution in [1.29, 1.82) is 0 Å². The molecule has 0 heterocycles. The molecular formula is C12H16FN3O3. The zero-order valence-electron chi connectivity index (χ0n) is 10.5. The lowest BCUT2D eigenvalue weighted by Crippen LogP contribution is -2.31. The standard InChI is InChI=1S/C12H16FN3O3/c1-14-5-2-6-15-12(19)16-10-7-8(11(17)18)3-4-9(10)13/h3-4,7,14H,2,5-6H2,1H3,(H,17,18)(H2,15,16,19). The molecule has 104 valence electrons. The molecule has 19 heavy (non-hydrogen) atoms. The lowest BCUT2D eigenvalue weighted by Gasteiger charge is -2.09. The number of carbonyl (C=O) groups is 2. The van der Waals surface area contributed by atoms with Gasteiger partial charge in [0.1, 0.15) is 5.82 Å². The molecule has 7 heteroatoms. The Balaban J connectivity index is 2.58. The number of carboxylic acids is 1. The number of hydrogen-bond donors (Lipinski definition) is 4. The van der Waals surface area contributed by atoms with Gasteiger partial charge in [-0.25, -0.2) is 14.0 Å². The normalized spacial score (nSPS) is 10.0. The molecule has 0 aliphatic rings. The van der Waals surface area contributed by atoms with E-state index in [4.69, 9.17) is 5.11 Å². The SMILES string of the molecule is CNCCCNC(=O)Nc1cc(C(=O)O)ccc1F. The van der Waals surface area contributed by atoms with E-state index in [0.717, 1.165) is 31.2 Å². The van der Waals surface area contributed by atoms with E-state index in [9.17, 15) is 14.0 Å². The van der Waals surface area contributed by atoms with E-state index in [1.54, 1.807) is 7.05 Å². The summed E-state index contributed by atoms with van der Waals surface area (Å²) in [5.74, 6) is -1.87. The topological polar surface area (TPSA) is 90.5 Å². The highest BCUT2D eigenvalue weighted by molar-refractivity contribution is 5.93. The van der Waals surface area contributed by atoms with Crippen molar-refractivity contribution < 1.29 is 19.1 Å². The van der Waals surface area contributed by atoms with Crippen LogP contribution in [0.4, 0.5) is 14.9 Å². The number of carbonyl (C=O) groups excluding carboxylic acids is 1. The van der Waals surface area contributed by atoms with Crippen LogP contribution in [0.2, 0.25) is 0 Å². The van der Waals surface area contributed by atoms with Gasteiger partial charge in [0.15, 0.2) is 0 Å². The van der Waals surface area contributed by atoms with E-state index >= 15 is 0 Å². The van der Waals surface area contributed by atoms with E-state index in [1.807, 2.05) is 0 Å². The summed E-state index contributed by atoms with van der Waals surface area (Å²) in [6.45, 7) is 1.19. The molecule has 0 aliphatic heterocycles. The van der Waals surface area contributed by atoms with E-state index in [1.165, 1.54) is 0 Å². The minimum absolute atomic E-state index is 0.0908. The van der Waals surface area contributed by atoms with Crippen LogP contribution in [0.5, 0.6) is 0 Å². The van der Waals surface area contributed by atoms with Crippen molar-refractivity contribution in [2.24, 2.45) is 0 Å². The van der Waals surface area contributed by atoms with Gasteiger partial charge < -0.3 is 21.1 Å². The summed E-state index contributed by atoms with van der Waals surface area (Å²) in [5, 5.41) is 16.5. The van der Waals surface area contributed by atoms with Gasteiger partial charge in [0, 0.05) is 6.54 Å². The van der Waals surface area contributed by atoms with Crippen LogP contribution in [-0.4, -0.2) is 37.2 Å². The lowest BCUT2D eigenvalue weighted by atomic mass is 10.2. The van der Waals surface area contributed by atoms with Crippen molar-refractivity contribution in [3.63, 3.8) is 0 Å². The first-order chi connectivity index (χ1) is 9.04. The molecule has 0 unspecified atom stereocenters. The fourth-order valence-corrected chi connectivity index (χ4v) is 1.39. The van der Waals surface area contributed by atoms with Crippen molar-refractivity contribution in [3.8, 4) is 0 Å². The largest absolute Gasteiger partial charge is 0.478 e. The summed E-state index contributed by atoms with van der Waals surface area (Å²) in [4.78, 5) is 22.2. The Bertz CT molecular complexity index is 466. The molecule has 0 atom stereocenters. The maximum Gasteiger partial charge on any atom is 0.335 e. The number of amides is 2. The minimum Gasteiger partial charge on any atom is -0.478 e. The molecule has 0 bridgehead atoms. The number of anilines is 1. The van der Waals surface area contributed by atoms with Crippen molar-refractivity contribution in [1.82, 2.24) is 10.6 Å². The summed E-state index contributed by atoms with van der Waals surface area (Å²) in [5.41, 5.74) is -0.252. The molecular weight excluding hydrogens is 253 g/mol. The Labute approximate surface area is 110 Å². The second-order valence-electron chi connectivity index (χ2n) is 3.84. The second kappa shape index (κ2) is 7.32. The molecule has 0 saturated carbocycles. The molecule has 0 fully saturated rings. The van der Waals surface area contributed by atoms with Crippen LogP contribution in [0.25, 0.3) is 0 Å². The van der Waals surface area contributed by atoms with Gasteiger partial charge in [-0.2, -0.15) is 0 Å². The highest BCUT2D eigenvalue weighted by Crippen LogP contribution is 2.16. The van der Waals surface area contributed by atoms with Gasteiger partial charge in [-0.3, -0.25) is 0 Å². The maximum atomic E-state index is 13.4. The molecule has 4 N–H and O–H groups in total. The number of urea groups is 1. The average Bonchev–Trinajstić information content (AvgIpc) is 2.37. The van der Waals surface area contributed by atoms with Gasteiger partial charge in [-0.15, -0.1) is 0 Å². The molecule has 0 radical (unpaired) electrons. The molecule has 0 saturated heterocycles. The molecule has 6 nitrogen and oxygen atoms in total. The summed E-state index contributed by atoms with van der Waals surface area (Å²) >= 11 is 0. The zero-order valence-corrected chi connectivity index (χ0v) is 10.5. The Morgan fingerprint density at radius 2 is 2.05 bits per heavy atom. The van der Waals surface area contributed by atoms with Gasteiger partial charge in [-0.05, 0) is 38.2 Å². The fraction of sp³-hybridized carbons (Fsp3) is 0.333. The Kier molecular flexibility index (Phi) is 5.74. The van der Waals surface area contributed by atoms with Crippen LogP contribution in [0.15, 0.2) is 18.2 Å². The fourth-order valence-electron chi connectivity index (χ4n) is 1.39. The van der Waals surface area contributed by atoms with E-state index in [-0.39, 0.29) is 11.3 Å². The number of carboxylic acid groups (broad SMARTS) is 1. The third-order valence-corrected chi connectivity index (χ3v) is 2.35. The summed E-state index contributed by atoms with van der Waals surface area (Å²) in [6.07, 6.45) is 0.738. The summed E-state index contributed by atoms with van der Waals surface area (Å²) in [7, 11) is 1.80. The van der Waals surface area contributed by atoms with Gasteiger partial charge >= 0.3 is 12.0 Å². The van der Waals surface area contributed by atoms with Crippen LogP contribution in [0, 0.1) is 5.82 Å². The molecule has 1 aromatic carbocycles. The number of nitrogens with one attached hydrogen (secondary N) is 3. The smallest absolute Gasteiger partial charge is 0.335 e. The van der Waals surface area contributed by atoms with Crippen molar-refractivity contribution in [2.45, 2.75) is 6.42 Å². The van der Waals surface area contributed by atoms with Crippen LogP contribution < -0.4 is 16.0 Å². The predicted octanol–water partition coefficient (Wildman–Crippen LogP) is 1.25. The lowest BCUT2D eigenvalue weighted by molar-refractivity contribution is 0.0697. The molecule has 1 rings (SSSR count). The second-order valence-corrected chi connectivity index (χ2v) is 3.84. The van der Waals surface area contributed by atoms with Crippen LogP contribution >= 0.6 is 0 Å². The highest BCUT2D eigenvalue weighted by atomic mass is 19.1. The molecule has 0 aromatic heterocycles. The third-order valence-electron chi connectivity index (χ3n) is 2.35. The number of aromatic carboxylic acids is 1. The molecule has 0 spiro atoms. The quantitative estimate of drug-likeness (QED) is 0.585. The van der Waals surface area contributed by atoms with Gasteiger partial charge in [0.25, 0.3) is 0 Å². The van der Waals surface area contributed by atoms with Crippen molar-refractivity contribution in [2.75, 3.05) is 25.5 Å². The predicted molar refractivity (Wildman–Crippen MR) is 68.9 cm³/mol. The first kappa shape index (κ1) is 14.9. The van der Waals surface area contributed by atoms with Crippen LogP contribution in [-0.2, 0) is 0 Å². The minimum atomic E-state index is -1.18. The Morgan fingerprint density at radius 1 is 1.32 bits per heavy atom. The van der Waals surface area contributed by atoms with Gasteiger partial charge in [0.05, 0.1) is 11.3 Å². The monoisotopic (exact) mass is 269 g/mol. The number of benzene rings is 1. The number of halogens is 1. The van der Waals surface area contributed by atoms with E-state index in [0.29, 0.717) is 6.54 Å². The van der Waals surface area contributed by atoms with Crippen LogP contribution in [0.3, 0.4) is 0 Å². The number of hydrogen-bond acceptors (Lipinski definition) is 3. The van der Waals surface area contributed by atoms with Crippen molar-refractivity contribution in [3.05, 3.63) is 29.6 Å². The summed E-state index contributed by atoms with van der Waals surface area (Å²) in [6, 6.07) is 2.64. The van der Waals surface area contributed by atoms with Crippen molar-refractivity contribution >= 4 is 17.7 Å². The molecule has 0 aliphatic carbocycles. The van der Waals surface area contributed by atoms with Crippen LogP contribution in [0.1, 0.15) is 16.8 Å². The molecule has 2 amide bonds. The molecule has 1 aromatic rings.